The van der Waals surface area contributed by atoms with E-state index >= 15 is 0 Å². The van der Waals surface area contributed by atoms with Crippen LogP contribution < -0.4 is 20.9 Å². The summed E-state index contributed by atoms with van der Waals surface area (Å²) >= 11 is 1.69. The molecule has 5 rings (SSSR count). The van der Waals surface area contributed by atoms with E-state index in [0.717, 1.165) is 28.0 Å². The zero-order valence-electron chi connectivity index (χ0n) is 29.1. The predicted molar refractivity (Wildman–Crippen MR) is 196 cm³/mol. The van der Waals surface area contributed by atoms with Crippen LogP contribution in [0.25, 0.3) is 0 Å². The SMILES string of the molecule is CC(C)n1cc(SCc2ccccc2)cnc1=O.COc1ccc(CN(Cc2ccc(OC)cc2)S(=O)(=O)c2cnc(=O)n(C(C)C)c2)cc1. The second-order valence-corrected chi connectivity index (χ2v) is 14.9. The molecular formula is C37H43N5O6S2. The fourth-order valence-corrected chi connectivity index (χ4v) is 6.96. The Kier molecular flexibility index (Phi) is 13.6. The van der Waals surface area contributed by atoms with Gasteiger partial charge in [-0.05, 0) is 68.7 Å². The zero-order valence-corrected chi connectivity index (χ0v) is 30.7. The van der Waals surface area contributed by atoms with E-state index in [1.807, 2.05) is 62.5 Å². The Labute approximate surface area is 297 Å². The molecule has 0 unspecified atom stereocenters. The lowest BCUT2D eigenvalue weighted by Crippen LogP contribution is -2.32. The first kappa shape index (κ1) is 38.1. The summed E-state index contributed by atoms with van der Waals surface area (Å²) in [6.07, 6.45) is 6.00. The number of nitrogens with zero attached hydrogens (tertiary/aromatic N) is 5. The van der Waals surface area contributed by atoms with Crippen LogP contribution in [0.3, 0.4) is 0 Å². The van der Waals surface area contributed by atoms with Crippen molar-refractivity contribution >= 4 is 21.8 Å². The van der Waals surface area contributed by atoms with Crippen LogP contribution >= 0.6 is 11.8 Å². The second kappa shape index (κ2) is 17.8. The molecule has 2 aromatic heterocycles. The molecule has 0 N–H and O–H groups in total. The maximum absolute atomic E-state index is 13.6. The third-order valence-electron chi connectivity index (χ3n) is 7.61. The summed E-state index contributed by atoms with van der Waals surface area (Å²) in [4.78, 5) is 32.2. The normalized spacial score (nSPS) is 11.4. The molecule has 0 aliphatic rings. The molecular weight excluding hydrogens is 675 g/mol. The van der Waals surface area contributed by atoms with Crippen molar-refractivity contribution in [1.29, 1.82) is 0 Å². The molecule has 50 heavy (non-hydrogen) atoms. The van der Waals surface area contributed by atoms with Crippen LogP contribution in [0, 0.1) is 0 Å². The van der Waals surface area contributed by atoms with E-state index in [1.165, 1.54) is 20.6 Å². The van der Waals surface area contributed by atoms with E-state index in [9.17, 15) is 18.0 Å². The Morgan fingerprint density at radius 1 is 0.680 bits per heavy atom. The maximum atomic E-state index is 13.6. The van der Waals surface area contributed by atoms with Gasteiger partial charge in [-0.2, -0.15) is 4.31 Å². The van der Waals surface area contributed by atoms with Gasteiger partial charge in [-0.25, -0.2) is 28.0 Å². The summed E-state index contributed by atoms with van der Waals surface area (Å²) in [7, 11) is -0.802. The third-order valence-corrected chi connectivity index (χ3v) is 10.4. The van der Waals surface area contributed by atoms with Crippen LogP contribution in [-0.4, -0.2) is 46.0 Å². The Hall–Kier alpha value is -4.72. The van der Waals surface area contributed by atoms with Crippen molar-refractivity contribution in [2.45, 2.75) is 68.4 Å². The number of hydrogen-bond donors (Lipinski definition) is 0. The molecule has 5 aromatic rings. The van der Waals surface area contributed by atoms with Gasteiger partial charge in [0, 0.05) is 54.4 Å². The van der Waals surface area contributed by atoms with E-state index in [-0.39, 0.29) is 35.8 Å². The monoisotopic (exact) mass is 717 g/mol. The first-order chi connectivity index (χ1) is 23.9. The van der Waals surface area contributed by atoms with Crippen molar-refractivity contribution in [2.75, 3.05) is 14.2 Å². The lowest BCUT2D eigenvalue weighted by atomic mass is 10.2. The zero-order chi connectivity index (χ0) is 36.3. The Balaban J connectivity index is 0.000000263. The van der Waals surface area contributed by atoms with Gasteiger partial charge in [0.2, 0.25) is 10.0 Å². The lowest BCUT2D eigenvalue weighted by molar-refractivity contribution is 0.396. The largest absolute Gasteiger partial charge is 0.497 e. The fourth-order valence-electron chi connectivity index (χ4n) is 4.75. The highest BCUT2D eigenvalue weighted by molar-refractivity contribution is 7.98. The highest BCUT2D eigenvalue weighted by Crippen LogP contribution is 2.24. The second-order valence-electron chi connectivity index (χ2n) is 11.9. The summed E-state index contributed by atoms with van der Waals surface area (Å²) < 4.78 is 41.9. The van der Waals surface area contributed by atoms with Crippen molar-refractivity contribution in [3.63, 3.8) is 0 Å². The summed E-state index contributed by atoms with van der Waals surface area (Å²) in [5.74, 6) is 2.26. The fraction of sp³-hybridized carbons (Fsp3) is 0.297. The molecule has 0 aliphatic heterocycles. The summed E-state index contributed by atoms with van der Waals surface area (Å²) in [6, 6.07) is 24.6. The van der Waals surface area contributed by atoms with Gasteiger partial charge in [0.25, 0.3) is 0 Å². The van der Waals surface area contributed by atoms with Gasteiger partial charge in [0.1, 0.15) is 16.4 Å². The number of aromatic nitrogens is 4. The van der Waals surface area contributed by atoms with Gasteiger partial charge in [0.05, 0.1) is 20.4 Å². The third kappa shape index (κ3) is 10.4. The van der Waals surface area contributed by atoms with E-state index in [1.54, 1.807) is 74.9 Å². The number of hydrogen-bond acceptors (Lipinski definition) is 9. The molecule has 0 bridgehead atoms. The van der Waals surface area contributed by atoms with E-state index in [2.05, 4.69) is 22.1 Å². The Morgan fingerprint density at radius 3 is 1.64 bits per heavy atom. The van der Waals surface area contributed by atoms with Gasteiger partial charge in [-0.3, -0.25) is 9.13 Å². The van der Waals surface area contributed by atoms with E-state index in [4.69, 9.17) is 9.47 Å². The summed E-state index contributed by atoms with van der Waals surface area (Å²) in [5, 5.41) is 0. The van der Waals surface area contributed by atoms with Crippen molar-refractivity contribution in [3.8, 4) is 11.5 Å². The van der Waals surface area contributed by atoms with Crippen LogP contribution in [-0.2, 0) is 28.9 Å². The average Bonchev–Trinajstić information content (AvgIpc) is 3.12. The quantitative estimate of drug-likeness (QED) is 0.128. The minimum Gasteiger partial charge on any atom is -0.497 e. The van der Waals surface area contributed by atoms with Gasteiger partial charge in [-0.1, -0.05) is 54.6 Å². The molecule has 0 fully saturated rings. The topological polar surface area (TPSA) is 126 Å². The molecule has 0 spiro atoms. The number of methoxy groups -OCH3 is 2. The van der Waals surface area contributed by atoms with E-state index in [0.29, 0.717) is 11.5 Å². The molecule has 0 saturated carbocycles. The molecule has 0 aliphatic carbocycles. The Bertz CT molecular complexity index is 2000. The van der Waals surface area contributed by atoms with Crippen molar-refractivity contribution in [1.82, 2.24) is 23.4 Å². The summed E-state index contributed by atoms with van der Waals surface area (Å²) in [5.41, 5.74) is 2.19. The first-order valence-corrected chi connectivity index (χ1v) is 18.4. The van der Waals surface area contributed by atoms with Gasteiger partial charge in [0.15, 0.2) is 0 Å². The number of sulfonamides is 1. The highest BCUT2D eigenvalue weighted by atomic mass is 32.2. The van der Waals surface area contributed by atoms with Crippen molar-refractivity contribution in [3.05, 3.63) is 141 Å². The Morgan fingerprint density at radius 2 is 1.16 bits per heavy atom. The molecule has 0 saturated heterocycles. The molecule has 3 aromatic carbocycles. The van der Waals surface area contributed by atoms with Gasteiger partial charge >= 0.3 is 11.4 Å². The summed E-state index contributed by atoms with van der Waals surface area (Å²) in [6.45, 7) is 7.83. The van der Waals surface area contributed by atoms with Crippen molar-refractivity contribution < 1.29 is 17.9 Å². The minimum atomic E-state index is -3.95. The molecule has 2 heterocycles. The van der Waals surface area contributed by atoms with Gasteiger partial charge in [-0.15, -0.1) is 11.8 Å². The lowest BCUT2D eigenvalue weighted by Gasteiger charge is -2.23. The number of benzene rings is 3. The van der Waals surface area contributed by atoms with Crippen LogP contribution in [0.5, 0.6) is 11.5 Å². The molecule has 264 valence electrons. The number of rotatable bonds is 13. The molecule has 13 heteroatoms. The molecule has 0 amide bonds. The van der Waals surface area contributed by atoms with Crippen LogP contribution in [0.1, 0.15) is 56.5 Å². The molecule has 11 nitrogen and oxygen atoms in total. The number of ether oxygens (including phenoxy) is 2. The number of thioether (sulfide) groups is 1. The molecule has 0 radical (unpaired) electrons. The van der Waals surface area contributed by atoms with Crippen LogP contribution in [0.2, 0.25) is 0 Å². The van der Waals surface area contributed by atoms with Crippen molar-refractivity contribution in [2.24, 2.45) is 0 Å². The van der Waals surface area contributed by atoms with Crippen LogP contribution in [0.4, 0.5) is 0 Å². The smallest absolute Gasteiger partial charge is 0.347 e. The minimum absolute atomic E-state index is 0.0344. The first-order valence-electron chi connectivity index (χ1n) is 16.0. The average molecular weight is 718 g/mol. The highest BCUT2D eigenvalue weighted by Gasteiger charge is 2.27. The van der Waals surface area contributed by atoms with Crippen LogP contribution in [0.15, 0.2) is 123 Å². The standard InChI is InChI=1S/C23H27N3O5S.C14H16N2OS/c1-17(2)26-16-22(13-24-23(26)27)32(28,29)25(14-18-5-9-20(30-3)10-6-18)15-19-7-11-21(31-4)12-8-19;1-11(2)16-9-13(8-15-14(16)17)18-10-12-6-4-3-5-7-12/h5-13,16-17H,14-15H2,1-4H3;3-9,11H,10H2,1-2H3. The van der Waals surface area contributed by atoms with Gasteiger partial charge < -0.3 is 9.47 Å². The predicted octanol–water partition coefficient (Wildman–Crippen LogP) is 6.35. The maximum Gasteiger partial charge on any atom is 0.347 e. The molecule has 0 atom stereocenters. The van der Waals surface area contributed by atoms with E-state index < -0.39 is 15.7 Å².